The topological polar surface area (TPSA) is 37.0 Å². The van der Waals surface area contributed by atoms with E-state index in [2.05, 4.69) is 37.6 Å². The third-order valence-corrected chi connectivity index (χ3v) is 3.15. The number of hydrogen-bond donors (Lipinski definition) is 2. The maximum atomic E-state index is 4.10. The molecule has 1 aliphatic heterocycles. The van der Waals surface area contributed by atoms with Gasteiger partial charge in [0.05, 0.1) is 0 Å². The Labute approximate surface area is 111 Å². The Morgan fingerprint density at radius 2 is 2.44 bits per heavy atom. The zero-order valence-electron chi connectivity index (χ0n) is 9.08. The van der Waals surface area contributed by atoms with Crippen LogP contribution in [0.1, 0.15) is 12.0 Å². The Bertz CT molecular complexity index is 316. The van der Waals surface area contributed by atoms with E-state index in [9.17, 15) is 0 Å². The Morgan fingerprint density at radius 1 is 1.56 bits per heavy atom. The summed E-state index contributed by atoms with van der Waals surface area (Å²) in [4.78, 5) is 4.10. The van der Waals surface area contributed by atoms with Gasteiger partial charge in [-0.2, -0.15) is 0 Å². The maximum absolute atomic E-state index is 4.10. The van der Waals surface area contributed by atoms with Gasteiger partial charge in [0.25, 0.3) is 0 Å². The summed E-state index contributed by atoms with van der Waals surface area (Å²) < 4.78 is 0.907. The molecule has 0 aliphatic carbocycles. The van der Waals surface area contributed by atoms with Crippen molar-refractivity contribution in [2.75, 3.05) is 19.6 Å². The smallest absolute Gasteiger partial charge is 0.106 e. The number of hydrogen-bond acceptors (Lipinski definition) is 3. The minimum atomic E-state index is 0. The molecule has 5 heteroatoms. The van der Waals surface area contributed by atoms with Crippen LogP contribution in [-0.2, 0) is 6.54 Å². The summed E-state index contributed by atoms with van der Waals surface area (Å²) in [7, 11) is 0. The van der Waals surface area contributed by atoms with Crippen molar-refractivity contribution >= 4 is 28.3 Å². The fraction of sp³-hybridized carbons (Fsp3) is 0.545. The highest BCUT2D eigenvalue weighted by atomic mass is 79.9. The second-order valence-corrected chi connectivity index (χ2v) is 4.79. The lowest BCUT2D eigenvalue weighted by Gasteiger charge is -2.09. The first-order chi connectivity index (χ1) is 7.34. The lowest BCUT2D eigenvalue weighted by Crippen LogP contribution is -2.24. The van der Waals surface area contributed by atoms with E-state index in [1.165, 1.54) is 18.5 Å². The van der Waals surface area contributed by atoms with Crippen LogP contribution in [-0.4, -0.2) is 24.6 Å². The molecule has 3 nitrogen and oxygen atoms in total. The predicted octanol–water partition coefficient (Wildman–Crippen LogP) is 1.96. The average molecular weight is 307 g/mol. The Hall–Kier alpha value is -0.160. The average Bonchev–Trinajstić information content (AvgIpc) is 2.71. The summed E-state index contributed by atoms with van der Waals surface area (Å²) in [6.45, 7) is 4.37. The van der Waals surface area contributed by atoms with E-state index in [4.69, 9.17) is 0 Å². The minimum Gasteiger partial charge on any atom is -0.316 e. The third-order valence-electron chi connectivity index (χ3n) is 2.72. The lowest BCUT2D eigenvalue weighted by molar-refractivity contribution is 0.512. The molecular formula is C11H17BrClN3. The zero-order valence-corrected chi connectivity index (χ0v) is 11.5. The molecule has 2 N–H and O–H groups in total. The molecule has 2 heterocycles. The first-order valence-corrected chi connectivity index (χ1v) is 6.16. The number of rotatable bonds is 4. The van der Waals surface area contributed by atoms with Crippen molar-refractivity contribution in [1.82, 2.24) is 15.6 Å². The Balaban J connectivity index is 0.00000128. The first-order valence-electron chi connectivity index (χ1n) is 5.36. The molecule has 1 aromatic rings. The van der Waals surface area contributed by atoms with Crippen LogP contribution in [0.4, 0.5) is 0 Å². The van der Waals surface area contributed by atoms with Gasteiger partial charge < -0.3 is 10.6 Å². The van der Waals surface area contributed by atoms with E-state index in [1.807, 2.05) is 12.3 Å². The van der Waals surface area contributed by atoms with Crippen LogP contribution < -0.4 is 10.6 Å². The van der Waals surface area contributed by atoms with Crippen molar-refractivity contribution in [3.05, 3.63) is 28.5 Å². The normalized spacial score (nSPS) is 19.4. The molecule has 1 saturated heterocycles. The molecule has 1 aliphatic rings. The molecule has 0 aromatic carbocycles. The molecule has 0 bridgehead atoms. The van der Waals surface area contributed by atoms with Gasteiger partial charge in [-0.1, -0.05) is 0 Å². The highest BCUT2D eigenvalue weighted by molar-refractivity contribution is 9.10. The van der Waals surface area contributed by atoms with Crippen LogP contribution in [0.15, 0.2) is 22.9 Å². The van der Waals surface area contributed by atoms with Crippen molar-refractivity contribution in [2.24, 2.45) is 5.92 Å². The largest absolute Gasteiger partial charge is 0.316 e. The van der Waals surface area contributed by atoms with Gasteiger partial charge >= 0.3 is 0 Å². The number of halogens is 2. The van der Waals surface area contributed by atoms with Gasteiger partial charge in [0, 0.05) is 12.7 Å². The maximum Gasteiger partial charge on any atom is 0.106 e. The van der Waals surface area contributed by atoms with Crippen molar-refractivity contribution in [2.45, 2.75) is 13.0 Å². The molecule has 0 spiro atoms. The van der Waals surface area contributed by atoms with E-state index in [0.717, 1.165) is 30.2 Å². The summed E-state index contributed by atoms with van der Waals surface area (Å²) in [5, 5.41) is 6.85. The molecule has 0 radical (unpaired) electrons. The molecule has 90 valence electrons. The van der Waals surface area contributed by atoms with Crippen molar-refractivity contribution in [3.63, 3.8) is 0 Å². The molecular weight excluding hydrogens is 289 g/mol. The minimum absolute atomic E-state index is 0. The van der Waals surface area contributed by atoms with Gasteiger partial charge in [0.2, 0.25) is 0 Å². The number of nitrogens with one attached hydrogen (secondary N) is 2. The summed E-state index contributed by atoms with van der Waals surface area (Å²) >= 11 is 3.37. The standard InChI is InChI=1S/C11H16BrN3.ClH/c12-11-5-9(2-4-15-11)6-14-8-10-1-3-13-7-10;/h2,4-5,10,13-14H,1,3,6-8H2;1H. The van der Waals surface area contributed by atoms with Crippen LogP contribution in [0, 0.1) is 5.92 Å². The molecule has 1 aromatic heterocycles. The lowest BCUT2D eigenvalue weighted by atomic mass is 10.1. The molecule has 16 heavy (non-hydrogen) atoms. The zero-order chi connectivity index (χ0) is 10.5. The summed E-state index contributed by atoms with van der Waals surface area (Å²) in [5.41, 5.74) is 1.28. The third kappa shape index (κ3) is 4.37. The van der Waals surface area contributed by atoms with Gasteiger partial charge in [0.1, 0.15) is 4.60 Å². The van der Waals surface area contributed by atoms with Crippen LogP contribution >= 0.6 is 28.3 Å². The van der Waals surface area contributed by atoms with Gasteiger partial charge in [0.15, 0.2) is 0 Å². The van der Waals surface area contributed by atoms with E-state index in [1.54, 1.807) is 0 Å². The fourth-order valence-corrected chi connectivity index (χ4v) is 2.27. The SMILES string of the molecule is Brc1cc(CNCC2CCNC2)ccn1.Cl. The van der Waals surface area contributed by atoms with Gasteiger partial charge in [-0.3, -0.25) is 0 Å². The predicted molar refractivity (Wildman–Crippen MR) is 71.9 cm³/mol. The van der Waals surface area contributed by atoms with E-state index >= 15 is 0 Å². The Kier molecular flexibility index (Phi) is 6.28. The second-order valence-electron chi connectivity index (χ2n) is 3.98. The highest BCUT2D eigenvalue weighted by Gasteiger charge is 2.13. The molecule has 0 saturated carbocycles. The van der Waals surface area contributed by atoms with Crippen molar-refractivity contribution < 1.29 is 0 Å². The van der Waals surface area contributed by atoms with Gasteiger partial charge in [-0.15, -0.1) is 12.4 Å². The Morgan fingerprint density at radius 3 is 3.12 bits per heavy atom. The molecule has 1 atom stereocenters. The number of aromatic nitrogens is 1. The number of nitrogens with zero attached hydrogens (tertiary/aromatic N) is 1. The van der Waals surface area contributed by atoms with Crippen LogP contribution in [0.3, 0.4) is 0 Å². The van der Waals surface area contributed by atoms with E-state index < -0.39 is 0 Å². The fourth-order valence-electron chi connectivity index (χ4n) is 1.86. The van der Waals surface area contributed by atoms with Gasteiger partial charge in [-0.25, -0.2) is 4.98 Å². The first kappa shape index (κ1) is 13.9. The quantitative estimate of drug-likeness (QED) is 0.835. The van der Waals surface area contributed by atoms with Crippen molar-refractivity contribution in [1.29, 1.82) is 0 Å². The van der Waals surface area contributed by atoms with Crippen LogP contribution in [0.5, 0.6) is 0 Å². The highest BCUT2D eigenvalue weighted by Crippen LogP contribution is 2.09. The van der Waals surface area contributed by atoms with Crippen molar-refractivity contribution in [3.8, 4) is 0 Å². The van der Waals surface area contributed by atoms with E-state index in [-0.39, 0.29) is 12.4 Å². The second kappa shape index (κ2) is 7.22. The summed E-state index contributed by atoms with van der Waals surface area (Å²) in [5.74, 6) is 0.801. The molecule has 1 unspecified atom stereocenters. The molecule has 2 rings (SSSR count). The van der Waals surface area contributed by atoms with Crippen LogP contribution in [0.2, 0.25) is 0 Å². The summed E-state index contributed by atoms with van der Waals surface area (Å²) in [6, 6.07) is 4.10. The van der Waals surface area contributed by atoms with E-state index in [0.29, 0.717) is 0 Å². The van der Waals surface area contributed by atoms with Gasteiger partial charge in [-0.05, 0) is 65.6 Å². The summed E-state index contributed by atoms with van der Waals surface area (Å²) in [6.07, 6.45) is 3.13. The molecule has 1 fully saturated rings. The monoisotopic (exact) mass is 305 g/mol. The molecule has 0 amide bonds. The number of pyridine rings is 1. The van der Waals surface area contributed by atoms with Crippen LogP contribution in [0.25, 0.3) is 0 Å².